The number of benzene rings is 1. The predicted octanol–water partition coefficient (Wildman–Crippen LogP) is 0.600. The van der Waals surface area contributed by atoms with E-state index in [1.165, 1.54) is 0 Å². The van der Waals surface area contributed by atoms with E-state index >= 15 is 0 Å². The van der Waals surface area contributed by atoms with Gasteiger partial charge in [-0.3, -0.25) is 0 Å². The van der Waals surface area contributed by atoms with E-state index in [4.69, 9.17) is 18.9 Å². The van der Waals surface area contributed by atoms with Gasteiger partial charge in [-0.2, -0.15) is 0 Å². The standard InChI is InChI=1S/C18H24N2O5/c21-17-3-1-2-16(19(4-12-8-22-12)5-13-9-23-13)18(17)20(6-14-10-24-14)7-15-11-25-15/h1-3,12-15,21H,4-11H2. The Hall–Kier alpha value is -1.54. The number of para-hydroxylation sites is 1. The van der Waals surface area contributed by atoms with Crippen molar-refractivity contribution >= 4 is 11.4 Å². The van der Waals surface area contributed by atoms with E-state index in [0.29, 0.717) is 5.75 Å². The van der Waals surface area contributed by atoms with Crippen LogP contribution in [0.4, 0.5) is 11.4 Å². The molecule has 0 aliphatic carbocycles. The average Bonchev–Trinajstić information content (AvgIpc) is 3.44. The number of nitrogens with zero attached hydrogens (tertiary/aromatic N) is 2. The second kappa shape index (κ2) is 6.32. The molecule has 0 radical (unpaired) electrons. The number of phenols is 1. The summed E-state index contributed by atoms with van der Waals surface area (Å²) in [4.78, 5) is 4.51. The molecule has 0 amide bonds. The van der Waals surface area contributed by atoms with Gasteiger partial charge in [0.1, 0.15) is 11.4 Å². The molecule has 5 rings (SSSR count). The maximum absolute atomic E-state index is 10.7. The SMILES string of the molecule is Oc1cccc(N(CC2CO2)CC2CO2)c1N(CC1CO1)CC1CO1. The molecule has 4 aliphatic rings. The van der Waals surface area contributed by atoms with Crippen LogP contribution in [0.5, 0.6) is 5.75 Å². The van der Waals surface area contributed by atoms with E-state index < -0.39 is 0 Å². The number of phenolic OH excluding ortho intramolecular Hbond substituents is 1. The maximum atomic E-state index is 10.7. The average molecular weight is 348 g/mol. The molecule has 4 fully saturated rings. The molecule has 4 heterocycles. The van der Waals surface area contributed by atoms with E-state index in [1.807, 2.05) is 6.07 Å². The summed E-state index contributed by atoms with van der Waals surface area (Å²) in [5.74, 6) is 0.303. The van der Waals surface area contributed by atoms with Crippen molar-refractivity contribution in [1.82, 2.24) is 0 Å². The van der Waals surface area contributed by atoms with Gasteiger partial charge in [-0.1, -0.05) is 6.07 Å². The molecule has 0 bridgehead atoms. The first-order valence-electron chi connectivity index (χ1n) is 9.04. The lowest BCUT2D eigenvalue weighted by Gasteiger charge is -2.32. The second-order valence-electron chi connectivity index (χ2n) is 7.28. The normalized spacial score (nSPS) is 31.5. The Morgan fingerprint density at radius 1 is 0.760 bits per heavy atom. The zero-order valence-corrected chi connectivity index (χ0v) is 14.2. The molecular weight excluding hydrogens is 324 g/mol. The van der Waals surface area contributed by atoms with E-state index in [-0.39, 0.29) is 24.4 Å². The second-order valence-corrected chi connectivity index (χ2v) is 7.28. The minimum absolute atomic E-state index is 0.248. The van der Waals surface area contributed by atoms with Gasteiger partial charge < -0.3 is 33.9 Å². The van der Waals surface area contributed by atoms with Crippen LogP contribution in [0.2, 0.25) is 0 Å². The molecule has 25 heavy (non-hydrogen) atoms. The van der Waals surface area contributed by atoms with Crippen LogP contribution >= 0.6 is 0 Å². The van der Waals surface area contributed by atoms with Crippen molar-refractivity contribution in [3.8, 4) is 5.75 Å². The number of anilines is 2. The number of hydrogen-bond acceptors (Lipinski definition) is 7. The van der Waals surface area contributed by atoms with Crippen LogP contribution in [0, 0.1) is 0 Å². The lowest BCUT2D eigenvalue weighted by Crippen LogP contribution is -2.36. The molecule has 4 unspecified atom stereocenters. The van der Waals surface area contributed by atoms with Gasteiger partial charge in [0.15, 0.2) is 0 Å². The van der Waals surface area contributed by atoms with Crippen LogP contribution in [-0.4, -0.2) is 82.1 Å². The summed E-state index contributed by atoms with van der Waals surface area (Å²) < 4.78 is 21.8. The van der Waals surface area contributed by atoms with Crippen LogP contribution < -0.4 is 9.80 Å². The van der Waals surface area contributed by atoms with Gasteiger partial charge in [0, 0.05) is 26.2 Å². The van der Waals surface area contributed by atoms with Crippen molar-refractivity contribution in [2.75, 3.05) is 62.4 Å². The van der Waals surface area contributed by atoms with Crippen molar-refractivity contribution in [2.24, 2.45) is 0 Å². The van der Waals surface area contributed by atoms with Crippen molar-refractivity contribution in [3.05, 3.63) is 18.2 Å². The molecule has 0 aromatic heterocycles. The van der Waals surface area contributed by atoms with Crippen LogP contribution in [0.3, 0.4) is 0 Å². The monoisotopic (exact) mass is 348 g/mol. The van der Waals surface area contributed by atoms with Gasteiger partial charge in [0.25, 0.3) is 0 Å². The quantitative estimate of drug-likeness (QED) is 0.621. The number of hydrogen-bond donors (Lipinski definition) is 1. The molecule has 4 saturated heterocycles. The van der Waals surface area contributed by atoms with Gasteiger partial charge >= 0.3 is 0 Å². The highest BCUT2D eigenvalue weighted by molar-refractivity contribution is 5.78. The van der Waals surface area contributed by atoms with Crippen molar-refractivity contribution in [1.29, 1.82) is 0 Å². The smallest absolute Gasteiger partial charge is 0.141 e. The molecule has 1 aromatic rings. The molecule has 1 N–H and O–H groups in total. The van der Waals surface area contributed by atoms with Gasteiger partial charge in [-0.25, -0.2) is 0 Å². The topological polar surface area (TPSA) is 76.8 Å². The lowest BCUT2D eigenvalue weighted by molar-refractivity contribution is 0.384. The summed E-state index contributed by atoms with van der Waals surface area (Å²) in [5, 5.41) is 10.7. The van der Waals surface area contributed by atoms with Crippen LogP contribution in [0.25, 0.3) is 0 Å². The van der Waals surface area contributed by atoms with E-state index in [2.05, 4.69) is 15.9 Å². The summed E-state index contributed by atoms with van der Waals surface area (Å²) in [6.45, 7) is 6.41. The van der Waals surface area contributed by atoms with Crippen LogP contribution in [0.15, 0.2) is 18.2 Å². The third kappa shape index (κ3) is 4.00. The predicted molar refractivity (Wildman–Crippen MR) is 91.5 cm³/mol. The molecular formula is C18H24N2O5. The first kappa shape index (κ1) is 15.7. The minimum atomic E-state index is 0.248. The molecule has 0 spiro atoms. The van der Waals surface area contributed by atoms with Gasteiger partial charge in [-0.05, 0) is 12.1 Å². The zero-order valence-electron chi connectivity index (χ0n) is 14.2. The Bertz CT molecular complexity index is 598. The van der Waals surface area contributed by atoms with Gasteiger partial charge in [-0.15, -0.1) is 0 Å². The number of aromatic hydroxyl groups is 1. The number of ether oxygens (including phenoxy) is 4. The summed E-state index contributed by atoms with van der Waals surface area (Å²) in [6, 6.07) is 5.74. The highest BCUT2D eigenvalue weighted by Gasteiger charge is 2.36. The van der Waals surface area contributed by atoms with E-state index in [0.717, 1.165) is 64.0 Å². The van der Waals surface area contributed by atoms with Crippen molar-refractivity contribution < 1.29 is 24.1 Å². The van der Waals surface area contributed by atoms with Crippen LogP contribution in [0.1, 0.15) is 0 Å². The first-order chi connectivity index (χ1) is 12.3. The Kier molecular flexibility index (Phi) is 3.97. The fraction of sp³-hybridized carbons (Fsp3) is 0.667. The molecule has 7 nitrogen and oxygen atoms in total. The third-order valence-electron chi connectivity index (χ3n) is 4.96. The maximum Gasteiger partial charge on any atom is 0.141 e. The molecule has 4 atom stereocenters. The van der Waals surface area contributed by atoms with E-state index in [1.54, 1.807) is 6.07 Å². The summed E-state index contributed by atoms with van der Waals surface area (Å²) in [6.07, 6.45) is 1.05. The summed E-state index contributed by atoms with van der Waals surface area (Å²) >= 11 is 0. The zero-order chi connectivity index (χ0) is 16.8. The third-order valence-corrected chi connectivity index (χ3v) is 4.96. The fourth-order valence-corrected chi connectivity index (χ4v) is 3.30. The number of rotatable bonds is 10. The lowest BCUT2D eigenvalue weighted by atomic mass is 10.1. The highest BCUT2D eigenvalue weighted by atomic mass is 16.6. The van der Waals surface area contributed by atoms with Crippen molar-refractivity contribution in [2.45, 2.75) is 24.4 Å². The Balaban J connectivity index is 1.44. The largest absolute Gasteiger partial charge is 0.506 e. The first-order valence-corrected chi connectivity index (χ1v) is 9.04. The van der Waals surface area contributed by atoms with Gasteiger partial charge in [0.05, 0.1) is 56.5 Å². The number of epoxide rings is 4. The minimum Gasteiger partial charge on any atom is -0.506 e. The van der Waals surface area contributed by atoms with E-state index in [9.17, 15) is 5.11 Å². The molecule has 1 aromatic carbocycles. The fourth-order valence-electron chi connectivity index (χ4n) is 3.30. The molecule has 7 heteroatoms. The van der Waals surface area contributed by atoms with Crippen LogP contribution in [-0.2, 0) is 18.9 Å². The Labute approximate surface area is 147 Å². The Morgan fingerprint density at radius 3 is 1.64 bits per heavy atom. The molecule has 136 valence electrons. The highest BCUT2D eigenvalue weighted by Crippen LogP contribution is 2.40. The molecule has 4 aliphatic heterocycles. The summed E-state index contributed by atoms with van der Waals surface area (Å²) in [7, 11) is 0. The molecule has 0 saturated carbocycles. The summed E-state index contributed by atoms with van der Waals surface area (Å²) in [5.41, 5.74) is 1.90. The van der Waals surface area contributed by atoms with Crippen molar-refractivity contribution in [3.63, 3.8) is 0 Å². The Morgan fingerprint density at radius 2 is 1.20 bits per heavy atom. The van der Waals surface area contributed by atoms with Gasteiger partial charge in [0.2, 0.25) is 0 Å².